The van der Waals surface area contributed by atoms with Gasteiger partial charge in [-0.1, -0.05) is 32.9 Å². The number of hydrogen-bond donors (Lipinski definition) is 2. The molecule has 0 fully saturated rings. The summed E-state index contributed by atoms with van der Waals surface area (Å²) < 4.78 is 0. The third-order valence-corrected chi connectivity index (χ3v) is 3.11. The van der Waals surface area contributed by atoms with Gasteiger partial charge >= 0.3 is 0 Å². The van der Waals surface area contributed by atoms with Crippen LogP contribution in [-0.2, 0) is 12.8 Å². The van der Waals surface area contributed by atoms with Gasteiger partial charge in [0.2, 0.25) is 0 Å². The van der Waals surface area contributed by atoms with Gasteiger partial charge < -0.3 is 5.32 Å². The number of aromatic amines is 1. The lowest BCUT2D eigenvalue weighted by Crippen LogP contribution is -2.12. The van der Waals surface area contributed by atoms with E-state index in [9.17, 15) is 4.79 Å². The van der Waals surface area contributed by atoms with Gasteiger partial charge in [0.25, 0.3) is 5.91 Å². The zero-order valence-corrected chi connectivity index (χ0v) is 12.2. The van der Waals surface area contributed by atoms with E-state index >= 15 is 0 Å². The lowest BCUT2D eigenvalue weighted by molar-refractivity contribution is 0.102. The van der Waals surface area contributed by atoms with Crippen LogP contribution in [0.5, 0.6) is 0 Å². The summed E-state index contributed by atoms with van der Waals surface area (Å²) in [6.45, 7) is 6.37. The molecule has 1 aromatic heterocycles. The lowest BCUT2D eigenvalue weighted by Gasteiger charge is -2.04. The molecule has 2 aromatic rings. The number of aryl methyl sites for hydroxylation is 1. The van der Waals surface area contributed by atoms with Gasteiger partial charge in [-0.05, 0) is 42.5 Å². The molecule has 0 saturated heterocycles. The topological polar surface area (TPSA) is 57.8 Å². The number of hydrogen-bond acceptors (Lipinski definition) is 2. The van der Waals surface area contributed by atoms with Crippen LogP contribution in [0.4, 0.5) is 5.69 Å². The number of amides is 1. The molecule has 2 N–H and O–H groups in total. The average Bonchev–Trinajstić information content (AvgIpc) is 2.87. The van der Waals surface area contributed by atoms with E-state index in [4.69, 9.17) is 0 Å². The molecule has 0 atom stereocenters. The van der Waals surface area contributed by atoms with E-state index in [1.807, 2.05) is 30.3 Å². The molecule has 20 heavy (non-hydrogen) atoms. The Kier molecular flexibility index (Phi) is 4.56. The molecule has 1 aromatic carbocycles. The van der Waals surface area contributed by atoms with E-state index in [1.165, 1.54) is 5.56 Å². The summed E-state index contributed by atoms with van der Waals surface area (Å²) in [5.74, 6) is 0.355. The zero-order valence-electron chi connectivity index (χ0n) is 12.2. The van der Waals surface area contributed by atoms with Crippen LogP contribution in [0.3, 0.4) is 0 Å². The lowest BCUT2D eigenvalue weighted by atomic mass is 10.1. The smallest absolute Gasteiger partial charge is 0.276 e. The van der Waals surface area contributed by atoms with Gasteiger partial charge in [-0.15, -0.1) is 0 Å². The number of aromatic nitrogens is 2. The minimum absolute atomic E-state index is 0.180. The summed E-state index contributed by atoms with van der Waals surface area (Å²) in [5.41, 5.74) is 3.47. The van der Waals surface area contributed by atoms with E-state index in [-0.39, 0.29) is 5.91 Å². The highest BCUT2D eigenvalue weighted by atomic mass is 16.1. The molecule has 4 nitrogen and oxygen atoms in total. The summed E-state index contributed by atoms with van der Waals surface area (Å²) in [6.07, 6.45) is 1.89. The maximum atomic E-state index is 12.1. The van der Waals surface area contributed by atoms with Gasteiger partial charge in [0.1, 0.15) is 0 Å². The number of anilines is 1. The Morgan fingerprint density at radius 2 is 2.00 bits per heavy atom. The molecule has 0 aliphatic carbocycles. The predicted molar refractivity (Wildman–Crippen MR) is 80.9 cm³/mol. The predicted octanol–water partition coefficient (Wildman–Crippen LogP) is 3.42. The van der Waals surface area contributed by atoms with Crippen molar-refractivity contribution in [3.63, 3.8) is 0 Å². The molecule has 0 unspecified atom stereocenters. The first-order valence-corrected chi connectivity index (χ1v) is 7.03. The molecule has 0 aliphatic heterocycles. The fraction of sp³-hybridized carbons (Fsp3) is 0.375. The van der Waals surface area contributed by atoms with Crippen molar-refractivity contribution < 1.29 is 4.79 Å². The first-order chi connectivity index (χ1) is 9.58. The molecular weight excluding hydrogens is 250 g/mol. The maximum Gasteiger partial charge on any atom is 0.276 e. The molecule has 0 spiro atoms. The number of H-pyrrole nitrogens is 1. The Bertz CT molecular complexity index is 570. The van der Waals surface area contributed by atoms with Gasteiger partial charge in [0, 0.05) is 11.4 Å². The van der Waals surface area contributed by atoms with Crippen LogP contribution in [0.15, 0.2) is 30.3 Å². The van der Waals surface area contributed by atoms with Gasteiger partial charge in [0.15, 0.2) is 5.69 Å². The van der Waals surface area contributed by atoms with Gasteiger partial charge in [-0.3, -0.25) is 9.89 Å². The molecular formula is C16H21N3O. The van der Waals surface area contributed by atoms with Crippen LogP contribution in [0, 0.1) is 5.92 Å². The van der Waals surface area contributed by atoms with Gasteiger partial charge in [-0.2, -0.15) is 5.10 Å². The molecule has 0 aliphatic rings. The van der Waals surface area contributed by atoms with E-state index < -0.39 is 0 Å². The quantitative estimate of drug-likeness (QED) is 0.875. The monoisotopic (exact) mass is 271 g/mol. The highest BCUT2D eigenvalue weighted by molar-refractivity contribution is 6.02. The van der Waals surface area contributed by atoms with Crippen molar-refractivity contribution in [1.82, 2.24) is 10.2 Å². The normalized spacial score (nSPS) is 10.8. The van der Waals surface area contributed by atoms with Crippen molar-refractivity contribution in [3.8, 4) is 0 Å². The molecule has 0 radical (unpaired) electrons. The molecule has 1 amide bonds. The number of carbonyl (C=O) groups is 1. The second kappa shape index (κ2) is 6.37. The number of nitrogens with zero attached hydrogens (tertiary/aromatic N) is 1. The number of carbonyl (C=O) groups excluding carboxylic acids is 1. The van der Waals surface area contributed by atoms with Crippen LogP contribution in [0.1, 0.15) is 42.5 Å². The highest BCUT2D eigenvalue weighted by Gasteiger charge is 2.11. The maximum absolute atomic E-state index is 12.1. The van der Waals surface area contributed by atoms with Crippen molar-refractivity contribution in [1.29, 1.82) is 0 Å². The van der Waals surface area contributed by atoms with Crippen LogP contribution in [0.2, 0.25) is 0 Å². The summed E-state index contributed by atoms with van der Waals surface area (Å²) in [6, 6.07) is 9.68. The molecule has 106 valence electrons. The largest absolute Gasteiger partial charge is 0.321 e. The number of nitrogens with one attached hydrogen (secondary N) is 2. The highest BCUT2D eigenvalue weighted by Crippen LogP contribution is 2.12. The SMILES string of the molecule is CCc1ccc(NC(=O)c2cc(CC(C)C)[nH]n2)cc1. The summed E-state index contributed by atoms with van der Waals surface area (Å²) in [7, 11) is 0. The summed E-state index contributed by atoms with van der Waals surface area (Å²) in [4.78, 5) is 12.1. The Labute approximate surface area is 119 Å². The fourth-order valence-electron chi connectivity index (χ4n) is 2.04. The minimum atomic E-state index is -0.180. The van der Waals surface area contributed by atoms with Gasteiger partial charge in [0.05, 0.1) is 0 Å². The van der Waals surface area contributed by atoms with Crippen LogP contribution >= 0.6 is 0 Å². The Morgan fingerprint density at radius 3 is 2.60 bits per heavy atom. The van der Waals surface area contributed by atoms with Crippen LogP contribution < -0.4 is 5.32 Å². The van der Waals surface area contributed by atoms with Crippen molar-refractivity contribution in [2.45, 2.75) is 33.6 Å². The molecule has 1 heterocycles. The number of rotatable bonds is 5. The Hall–Kier alpha value is -2.10. The van der Waals surface area contributed by atoms with E-state index in [0.717, 1.165) is 24.2 Å². The first-order valence-electron chi connectivity index (χ1n) is 7.03. The zero-order chi connectivity index (χ0) is 14.5. The first kappa shape index (κ1) is 14.3. The molecule has 4 heteroatoms. The molecule has 0 bridgehead atoms. The van der Waals surface area contributed by atoms with Crippen molar-refractivity contribution in [2.75, 3.05) is 5.32 Å². The van der Waals surface area contributed by atoms with Crippen molar-refractivity contribution in [3.05, 3.63) is 47.3 Å². The van der Waals surface area contributed by atoms with Crippen LogP contribution in [-0.4, -0.2) is 16.1 Å². The Balaban J connectivity index is 2.01. The van der Waals surface area contributed by atoms with Crippen LogP contribution in [0.25, 0.3) is 0 Å². The standard InChI is InChI=1S/C16H21N3O/c1-4-12-5-7-13(8-6-12)17-16(20)15-10-14(18-19-15)9-11(2)3/h5-8,10-11H,4,9H2,1-3H3,(H,17,20)(H,18,19). The second-order valence-electron chi connectivity index (χ2n) is 5.38. The van der Waals surface area contributed by atoms with Crippen molar-refractivity contribution in [2.24, 2.45) is 5.92 Å². The van der Waals surface area contributed by atoms with Gasteiger partial charge in [-0.25, -0.2) is 0 Å². The minimum Gasteiger partial charge on any atom is -0.321 e. The third kappa shape index (κ3) is 3.70. The van der Waals surface area contributed by atoms with E-state index in [0.29, 0.717) is 11.6 Å². The van der Waals surface area contributed by atoms with E-state index in [2.05, 4.69) is 36.3 Å². The molecule has 0 saturated carbocycles. The fourth-order valence-corrected chi connectivity index (χ4v) is 2.04. The molecule has 2 rings (SSSR count). The third-order valence-electron chi connectivity index (χ3n) is 3.11. The van der Waals surface area contributed by atoms with Crippen molar-refractivity contribution >= 4 is 11.6 Å². The second-order valence-corrected chi connectivity index (χ2v) is 5.38. The summed E-state index contributed by atoms with van der Waals surface area (Å²) >= 11 is 0. The average molecular weight is 271 g/mol. The van der Waals surface area contributed by atoms with E-state index in [1.54, 1.807) is 0 Å². The summed E-state index contributed by atoms with van der Waals surface area (Å²) in [5, 5.41) is 9.83. The Morgan fingerprint density at radius 1 is 1.30 bits per heavy atom. The number of benzene rings is 1.